The molecule has 1 amide bonds. The molecule has 3 aromatic carbocycles. The Morgan fingerprint density at radius 1 is 1.07 bits per heavy atom. The van der Waals surface area contributed by atoms with E-state index in [1.54, 1.807) is 24.3 Å². The molecule has 0 radical (unpaired) electrons. The van der Waals surface area contributed by atoms with Crippen molar-refractivity contribution in [3.8, 4) is 41.1 Å². The van der Waals surface area contributed by atoms with Gasteiger partial charge in [-0.3, -0.25) is 14.7 Å². The summed E-state index contributed by atoms with van der Waals surface area (Å²) in [7, 11) is 1.36. The average molecular weight is 825 g/mol. The lowest BCUT2D eigenvalue weighted by Crippen LogP contribution is -2.50. The summed E-state index contributed by atoms with van der Waals surface area (Å²) in [6, 6.07) is 12.2. The van der Waals surface area contributed by atoms with Gasteiger partial charge in [-0.1, -0.05) is 38.0 Å². The smallest absolute Gasteiger partial charge is 0.407 e. The van der Waals surface area contributed by atoms with Crippen molar-refractivity contribution in [2.45, 2.75) is 77.2 Å². The van der Waals surface area contributed by atoms with E-state index in [0.29, 0.717) is 67.5 Å². The standard InChI is InChI=1S/C38H35F2N5O6.C7H12FN/c1-5-7-31(47)51-26-11-8-22(9-12-26)20-50-38(48)42-24-14-21(3)18-45(19-24)36-29-17-41-34(33(40)35(29)43-37(44-36)49-4)28-16-25(46)15-23-10-13-30(39)27(6-2)32(23)28;8-6-4-7-2-1-3-9(7)5-6/h2,8-13,15-17,21,24,46H,5,7,14,18-20H2,1,3-4H3,(H,42,48);6-7H,1-5H2/t;6-,7?/m.1/s1. The number of alkyl carbamates (subject to hydrolysis) is 1. The fraction of sp³-hybridized carbons (Fsp3) is 0.400. The number of benzene rings is 3. The van der Waals surface area contributed by atoms with Gasteiger partial charge < -0.3 is 29.5 Å². The van der Waals surface area contributed by atoms with Crippen molar-refractivity contribution >= 4 is 39.6 Å². The summed E-state index contributed by atoms with van der Waals surface area (Å²) >= 11 is 0. The molecule has 314 valence electrons. The number of piperidine rings is 1. The molecule has 2 N–H and O–H groups in total. The number of carbonyl (C=O) groups excluding carboxylic acids is 2. The Morgan fingerprint density at radius 3 is 2.60 bits per heavy atom. The summed E-state index contributed by atoms with van der Waals surface area (Å²) < 4.78 is 60.0. The van der Waals surface area contributed by atoms with Crippen molar-refractivity contribution in [1.29, 1.82) is 0 Å². The highest BCUT2D eigenvalue weighted by atomic mass is 19.1. The predicted molar refractivity (Wildman–Crippen MR) is 221 cm³/mol. The maximum absolute atomic E-state index is 16.5. The number of anilines is 1. The van der Waals surface area contributed by atoms with Crippen LogP contribution in [0.3, 0.4) is 0 Å². The van der Waals surface area contributed by atoms with Crippen LogP contribution in [0.5, 0.6) is 17.5 Å². The van der Waals surface area contributed by atoms with Gasteiger partial charge in [0.1, 0.15) is 47.1 Å². The van der Waals surface area contributed by atoms with Gasteiger partial charge >= 0.3 is 18.1 Å². The third-order valence-corrected chi connectivity index (χ3v) is 11.0. The summed E-state index contributed by atoms with van der Waals surface area (Å²) in [6.07, 6.45) is 10.9. The minimum Gasteiger partial charge on any atom is -0.508 e. The zero-order chi connectivity index (χ0) is 42.5. The number of ether oxygens (including phenoxy) is 3. The van der Waals surface area contributed by atoms with Crippen LogP contribution in [-0.4, -0.2) is 88.6 Å². The second-order valence-electron chi connectivity index (χ2n) is 15.5. The number of hydrogen-bond acceptors (Lipinski definition) is 11. The molecule has 0 saturated carbocycles. The maximum atomic E-state index is 16.5. The van der Waals surface area contributed by atoms with Crippen molar-refractivity contribution in [2.24, 2.45) is 5.92 Å². The third-order valence-electron chi connectivity index (χ3n) is 11.0. The first-order valence-electron chi connectivity index (χ1n) is 20.1. The number of aromatic hydroxyl groups is 1. The lowest BCUT2D eigenvalue weighted by Gasteiger charge is -2.37. The second kappa shape index (κ2) is 18.4. The van der Waals surface area contributed by atoms with Crippen LogP contribution in [0.1, 0.15) is 63.5 Å². The molecule has 3 aliphatic rings. The van der Waals surface area contributed by atoms with E-state index in [4.69, 9.17) is 20.6 Å². The van der Waals surface area contributed by atoms with E-state index in [2.05, 4.69) is 31.1 Å². The normalized spacial score (nSPS) is 19.9. The Kier molecular flexibility index (Phi) is 12.9. The Balaban J connectivity index is 0.000000530. The van der Waals surface area contributed by atoms with Crippen LogP contribution in [0, 0.1) is 29.9 Å². The molecule has 3 aliphatic heterocycles. The third kappa shape index (κ3) is 9.34. The molecule has 2 aromatic heterocycles. The number of amides is 1. The van der Waals surface area contributed by atoms with Crippen molar-refractivity contribution in [3.05, 3.63) is 77.5 Å². The minimum atomic E-state index is -0.843. The highest BCUT2D eigenvalue weighted by Gasteiger charge is 2.35. The number of carbonyl (C=O) groups is 2. The van der Waals surface area contributed by atoms with Gasteiger partial charge in [0.2, 0.25) is 0 Å². The number of aromatic nitrogens is 3. The van der Waals surface area contributed by atoms with E-state index < -0.39 is 23.9 Å². The number of alkyl halides is 1. The van der Waals surface area contributed by atoms with Gasteiger partial charge in [0.05, 0.1) is 24.1 Å². The number of halogens is 3. The first-order chi connectivity index (χ1) is 28.9. The summed E-state index contributed by atoms with van der Waals surface area (Å²) in [6.45, 7) is 6.63. The number of terminal acetylenes is 1. The molecule has 4 atom stereocenters. The first kappa shape index (κ1) is 42.0. The molecule has 0 bridgehead atoms. The molecule has 0 spiro atoms. The Morgan fingerprint density at radius 2 is 1.87 bits per heavy atom. The van der Waals surface area contributed by atoms with Crippen LogP contribution < -0.4 is 19.7 Å². The zero-order valence-corrected chi connectivity index (χ0v) is 33.7. The van der Waals surface area contributed by atoms with Crippen molar-refractivity contribution in [1.82, 2.24) is 25.2 Å². The maximum Gasteiger partial charge on any atom is 0.407 e. The molecule has 3 saturated heterocycles. The van der Waals surface area contributed by atoms with Crippen molar-refractivity contribution in [3.63, 3.8) is 0 Å². The number of rotatable bonds is 9. The first-order valence-corrected chi connectivity index (χ1v) is 20.1. The van der Waals surface area contributed by atoms with E-state index in [-0.39, 0.29) is 69.4 Å². The fourth-order valence-corrected chi connectivity index (χ4v) is 8.35. The summed E-state index contributed by atoms with van der Waals surface area (Å²) in [5.41, 5.74) is 0.416. The molecule has 5 aromatic rings. The quantitative estimate of drug-likeness (QED) is 0.0854. The van der Waals surface area contributed by atoms with Gasteiger partial charge in [0.25, 0.3) is 0 Å². The second-order valence-corrected chi connectivity index (χ2v) is 15.5. The lowest BCUT2D eigenvalue weighted by atomic mass is 9.95. The Hall–Kier alpha value is -6.14. The monoisotopic (exact) mass is 824 g/mol. The summed E-state index contributed by atoms with van der Waals surface area (Å²) in [4.78, 5) is 42.0. The Bertz CT molecular complexity index is 2420. The van der Waals surface area contributed by atoms with E-state index in [1.165, 1.54) is 50.4 Å². The average Bonchev–Trinajstić information content (AvgIpc) is 3.81. The molecular weight excluding hydrogens is 778 g/mol. The number of hydrogen-bond donors (Lipinski definition) is 2. The molecule has 12 nitrogen and oxygen atoms in total. The number of nitrogens with one attached hydrogen (secondary N) is 1. The van der Waals surface area contributed by atoms with Crippen LogP contribution in [0.25, 0.3) is 32.9 Å². The van der Waals surface area contributed by atoms with E-state index in [0.717, 1.165) is 13.0 Å². The number of pyridine rings is 1. The number of nitrogens with zero attached hydrogens (tertiary/aromatic N) is 5. The van der Waals surface area contributed by atoms with E-state index >= 15 is 4.39 Å². The minimum absolute atomic E-state index is 0.00594. The number of esters is 1. The highest BCUT2D eigenvalue weighted by Crippen LogP contribution is 2.39. The molecule has 3 fully saturated rings. The van der Waals surface area contributed by atoms with Gasteiger partial charge in [0, 0.05) is 49.2 Å². The van der Waals surface area contributed by atoms with Gasteiger partial charge in [-0.2, -0.15) is 9.97 Å². The summed E-state index contributed by atoms with van der Waals surface area (Å²) in [5.74, 6) is 1.18. The largest absolute Gasteiger partial charge is 0.508 e. The zero-order valence-electron chi connectivity index (χ0n) is 33.7. The number of phenols is 1. The van der Waals surface area contributed by atoms with Gasteiger partial charge in [-0.05, 0) is 85.8 Å². The molecule has 60 heavy (non-hydrogen) atoms. The van der Waals surface area contributed by atoms with Crippen LogP contribution in [0.4, 0.5) is 23.8 Å². The van der Waals surface area contributed by atoms with Crippen molar-refractivity contribution < 1.29 is 42.1 Å². The van der Waals surface area contributed by atoms with Crippen molar-refractivity contribution in [2.75, 3.05) is 38.2 Å². The SMILES string of the molecule is C#Cc1c(F)ccc2cc(O)cc(-c3ncc4c(N5CC(C)CC(NC(=O)OCc6ccc(OC(=O)CCC)cc6)C5)nc(OC)nc4c3F)c12.F[C@@H]1CC2CCCN2C1. The predicted octanol–water partition coefficient (Wildman–Crippen LogP) is 7.86. The van der Waals surface area contributed by atoms with Gasteiger partial charge in [-0.15, -0.1) is 6.42 Å². The molecule has 5 heterocycles. The van der Waals surface area contributed by atoms with E-state index in [9.17, 15) is 23.5 Å². The molecule has 0 aliphatic carbocycles. The number of fused-ring (bicyclic) bond motifs is 3. The fourth-order valence-electron chi connectivity index (χ4n) is 8.35. The van der Waals surface area contributed by atoms with Crippen LogP contribution in [0.15, 0.2) is 54.7 Å². The Labute approximate surface area is 346 Å². The van der Waals surface area contributed by atoms with Gasteiger partial charge in [0.15, 0.2) is 5.82 Å². The molecule has 8 rings (SSSR count). The molecular formula is C45H47F3N6O6. The number of phenolic OH excluding ortho intramolecular Hbond substituents is 1. The topological polar surface area (TPSA) is 139 Å². The van der Waals surface area contributed by atoms with E-state index in [1.807, 2.05) is 18.7 Å². The lowest BCUT2D eigenvalue weighted by molar-refractivity contribution is -0.134. The molecule has 3 unspecified atom stereocenters. The number of methoxy groups -OCH3 is 1. The highest BCUT2D eigenvalue weighted by molar-refractivity contribution is 6.03. The molecule has 15 heteroatoms. The van der Waals surface area contributed by atoms with Crippen LogP contribution >= 0.6 is 0 Å². The van der Waals surface area contributed by atoms with Crippen LogP contribution in [0.2, 0.25) is 0 Å². The summed E-state index contributed by atoms with van der Waals surface area (Å²) in [5, 5.41) is 14.3. The van der Waals surface area contributed by atoms with Gasteiger partial charge in [-0.25, -0.2) is 18.0 Å². The van der Waals surface area contributed by atoms with Crippen LogP contribution in [-0.2, 0) is 16.1 Å².